The zero-order chi connectivity index (χ0) is 18.6. The van der Waals surface area contributed by atoms with Gasteiger partial charge in [-0.15, -0.1) is 0 Å². The highest BCUT2D eigenvalue weighted by Crippen LogP contribution is 2.41. The van der Waals surface area contributed by atoms with Crippen LogP contribution in [0.25, 0.3) is 0 Å². The molecule has 1 aromatic rings. The molecule has 1 aliphatic carbocycles. The van der Waals surface area contributed by atoms with Crippen LogP contribution in [-0.2, 0) is 10.2 Å². The van der Waals surface area contributed by atoms with Crippen molar-refractivity contribution in [3.63, 3.8) is 0 Å². The SMILES string of the molecule is CCOC(=O)N[C@@H]1CCN(C2CCC(C#N)(c3cccc(F)c3)CC2)C1. The molecule has 0 unspecified atom stereocenters. The molecule has 5 nitrogen and oxygen atoms in total. The largest absolute Gasteiger partial charge is 0.450 e. The first kappa shape index (κ1) is 18.7. The van der Waals surface area contributed by atoms with Gasteiger partial charge in [0.2, 0.25) is 0 Å². The van der Waals surface area contributed by atoms with Crippen LogP contribution in [0.1, 0.15) is 44.6 Å². The van der Waals surface area contributed by atoms with E-state index in [2.05, 4.69) is 16.3 Å². The summed E-state index contributed by atoms with van der Waals surface area (Å²) in [7, 11) is 0. The first-order valence-corrected chi connectivity index (χ1v) is 9.41. The van der Waals surface area contributed by atoms with Gasteiger partial charge in [-0.25, -0.2) is 9.18 Å². The quantitative estimate of drug-likeness (QED) is 0.895. The molecular formula is C20H26FN3O2. The number of alkyl carbamates (subject to hydrolysis) is 1. The van der Waals surface area contributed by atoms with E-state index in [1.807, 2.05) is 6.07 Å². The van der Waals surface area contributed by atoms with Crippen molar-refractivity contribution in [2.75, 3.05) is 19.7 Å². The summed E-state index contributed by atoms with van der Waals surface area (Å²) >= 11 is 0. The van der Waals surface area contributed by atoms with Gasteiger partial charge in [0.05, 0.1) is 18.1 Å². The molecule has 6 heteroatoms. The summed E-state index contributed by atoms with van der Waals surface area (Å²) < 4.78 is 18.5. The van der Waals surface area contributed by atoms with E-state index in [9.17, 15) is 14.4 Å². The number of ether oxygens (including phenoxy) is 1. The molecule has 26 heavy (non-hydrogen) atoms. The Balaban J connectivity index is 1.57. The van der Waals surface area contributed by atoms with Gasteiger partial charge < -0.3 is 10.1 Å². The maximum absolute atomic E-state index is 13.6. The van der Waals surface area contributed by atoms with Crippen molar-refractivity contribution in [3.8, 4) is 6.07 Å². The van der Waals surface area contributed by atoms with Crippen LogP contribution in [0.15, 0.2) is 24.3 Å². The number of carbonyl (C=O) groups excluding carboxylic acids is 1. The fourth-order valence-electron chi connectivity index (χ4n) is 4.29. The number of amides is 1. The summed E-state index contributed by atoms with van der Waals surface area (Å²) in [5.74, 6) is -0.285. The molecular weight excluding hydrogens is 333 g/mol. The first-order valence-electron chi connectivity index (χ1n) is 9.41. The second kappa shape index (κ2) is 8.05. The minimum Gasteiger partial charge on any atom is -0.450 e. The van der Waals surface area contributed by atoms with Crippen molar-refractivity contribution < 1.29 is 13.9 Å². The Morgan fingerprint density at radius 3 is 2.85 bits per heavy atom. The highest BCUT2D eigenvalue weighted by atomic mass is 19.1. The summed E-state index contributed by atoms with van der Waals surface area (Å²) in [6, 6.07) is 9.46. The van der Waals surface area contributed by atoms with E-state index in [4.69, 9.17) is 4.74 Å². The molecule has 3 rings (SSSR count). The molecule has 0 radical (unpaired) electrons. The van der Waals surface area contributed by atoms with Crippen molar-refractivity contribution in [1.29, 1.82) is 5.26 Å². The third-order valence-electron chi connectivity index (χ3n) is 5.73. The second-order valence-corrected chi connectivity index (χ2v) is 7.28. The van der Waals surface area contributed by atoms with E-state index in [0.717, 1.165) is 50.8 Å². The van der Waals surface area contributed by atoms with E-state index in [1.165, 1.54) is 12.1 Å². The molecule has 1 N–H and O–H groups in total. The number of nitrogens with one attached hydrogen (secondary N) is 1. The average Bonchev–Trinajstić information content (AvgIpc) is 3.10. The third kappa shape index (κ3) is 3.99. The third-order valence-corrected chi connectivity index (χ3v) is 5.73. The van der Waals surface area contributed by atoms with Gasteiger partial charge in [0.15, 0.2) is 0 Å². The fourth-order valence-corrected chi connectivity index (χ4v) is 4.29. The summed E-state index contributed by atoms with van der Waals surface area (Å²) in [5, 5.41) is 12.7. The zero-order valence-electron chi connectivity index (χ0n) is 15.2. The monoisotopic (exact) mass is 359 g/mol. The standard InChI is InChI=1S/C20H26FN3O2/c1-2-26-19(25)23-17-8-11-24(13-17)18-6-9-20(14-22,10-7-18)15-4-3-5-16(21)12-15/h3-5,12,17-18H,2,6-11,13H2,1H3,(H,23,25)/t17-,18?,20?/m1/s1. The molecule has 0 bridgehead atoms. The summed E-state index contributed by atoms with van der Waals surface area (Å²) in [4.78, 5) is 14.0. The lowest BCUT2D eigenvalue weighted by molar-refractivity contribution is 0.143. The second-order valence-electron chi connectivity index (χ2n) is 7.28. The van der Waals surface area contributed by atoms with Gasteiger partial charge in [0.25, 0.3) is 0 Å². The number of nitrogens with zero attached hydrogens (tertiary/aromatic N) is 2. The van der Waals surface area contributed by atoms with Gasteiger partial charge in [0.1, 0.15) is 5.82 Å². The van der Waals surface area contributed by atoms with Crippen LogP contribution in [0.3, 0.4) is 0 Å². The molecule has 1 saturated heterocycles. The minimum absolute atomic E-state index is 0.125. The van der Waals surface area contributed by atoms with Crippen molar-refractivity contribution >= 4 is 6.09 Å². The molecule has 1 aromatic carbocycles. The van der Waals surface area contributed by atoms with Crippen molar-refractivity contribution in [2.24, 2.45) is 0 Å². The number of carbonyl (C=O) groups is 1. The number of nitriles is 1. The van der Waals surface area contributed by atoms with Crippen LogP contribution in [0.4, 0.5) is 9.18 Å². The van der Waals surface area contributed by atoms with E-state index >= 15 is 0 Å². The van der Waals surface area contributed by atoms with Crippen molar-refractivity contribution in [3.05, 3.63) is 35.6 Å². The Labute approximate surface area is 154 Å². The normalized spacial score (nSPS) is 29.1. The Morgan fingerprint density at radius 2 is 2.19 bits per heavy atom. The summed E-state index contributed by atoms with van der Waals surface area (Å²) in [6.07, 6.45) is 3.88. The topological polar surface area (TPSA) is 65.4 Å². The van der Waals surface area contributed by atoms with E-state index in [1.54, 1.807) is 13.0 Å². The molecule has 140 valence electrons. The van der Waals surface area contributed by atoms with Crippen LogP contribution in [0.5, 0.6) is 0 Å². The smallest absolute Gasteiger partial charge is 0.407 e. The Bertz CT molecular complexity index is 680. The predicted octanol–water partition coefficient (Wildman–Crippen LogP) is 3.35. The van der Waals surface area contributed by atoms with Crippen molar-refractivity contribution in [2.45, 2.75) is 56.5 Å². The lowest BCUT2D eigenvalue weighted by Crippen LogP contribution is -2.43. The number of likely N-dealkylation sites (tertiary alicyclic amines) is 1. The first-order chi connectivity index (χ1) is 12.6. The van der Waals surface area contributed by atoms with Gasteiger partial charge in [-0.2, -0.15) is 5.26 Å². The van der Waals surface area contributed by atoms with Crippen LogP contribution < -0.4 is 5.32 Å². The van der Waals surface area contributed by atoms with E-state index in [0.29, 0.717) is 12.6 Å². The number of rotatable bonds is 4. The van der Waals surface area contributed by atoms with Crippen molar-refractivity contribution in [1.82, 2.24) is 10.2 Å². The number of hydrogen-bond donors (Lipinski definition) is 1. The maximum atomic E-state index is 13.6. The Hall–Kier alpha value is -2.13. The van der Waals surface area contributed by atoms with Crippen LogP contribution >= 0.6 is 0 Å². The lowest BCUT2D eigenvalue weighted by Gasteiger charge is -2.39. The molecule has 1 saturated carbocycles. The Morgan fingerprint density at radius 1 is 1.42 bits per heavy atom. The average molecular weight is 359 g/mol. The number of halogens is 1. The molecule has 0 spiro atoms. The van der Waals surface area contributed by atoms with E-state index < -0.39 is 5.41 Å². The zero-order valence-corrected chi connectivity index (χ0v) is 15.2. The van der Waals surface area contributed by atoms with Crippen LogP contribution in [0, 0.1) is 17.1 Å². The Kier molecular flexibility index (Phi) is 5.77. The summed E-state index contributed by atoms with van der Waals surface area (Å²) in [6.45, 7) is 3.94. The molecule has 1 heterocycles. The van der Waals surface area contributed by atoms with Gasteiger partial charge in [-0.3, -0.25) is 4.90 Å². The summed E-state index contributed by atoms with van der Waals surface area (Å²) in [5.41, 5.74) is 0.211. The molecule has 2 aliphatic rings. The molecule has 2 fully saturated rings. The molecule has 1 aliphatic heterocycles. The number of benzene rings is 1. The fraction of sp³-hybridized carbons (Fsp3) is 0.600. The maximum Gasteiger partial charge on any atom is 0.407 e. The highest BCUT2D eigenvalue weighted by molar-refractivity contribution is 5.67. The van der Waals surface area contributed by atoms with Gasteiger partial charge >= 0.3 is 6.09 Å². The molecule has 1 atom stereocenters. The predicted molar refractivity (Wildman–Crippen MR) is 96.1 cm³/mol. The van der Waals surface area contributed by atoms with Gasteiger partial charge in [0, 0.05) is 25.2 Å². The number of hydrogen-bond acceptors (Lipinski definition) is 4. The molecule has 0 aromatic heterocycles. The highest BCUT2D eigenvalue weighted by Gasteiger charge is 2.40. The van der Waals surface area contributed by atoms with Crippen LogP contribution in [0.2, 0.25) is 0 Å². The van der Waals surface area contributed by atoms with Gasteiger partial charge in [-0.05, 0) is 56.7 Å². The van der Waals surface area contributed by atoms with Crippen LogP contribution in [-0.4, -0.2) is 42.8 Å². The lowest BCUT2D eigenvalue weighted by atomic mass is 9.69. The minimum atomic E-state index is -0.582. The van der Waals surface area contributed by atoms with E-state index in [-0.39, 0.29) is 18.0 Å². The molecule has 1 amide bonds. The van der Waals surface area contributed by atoms with Gasteiger partial charge in [-0.1, -0.05) is 12.1 Å².